The molecule has 108 valence electrons. The van der Waals surface area contributed by atoms with Crippen molar-refractivity contribution in [3.8, 4) is 0 Å². The first-order chi connectivity index (χ1) is 9.16. The van der Waals surface area contributed by atoms with Crippen molar-refractivity contribution in [2.45, 2.75) is 20.4 Å². The molecule has 0 heterocycles. The average molecular weight is 287 g/mol. The summed E-state index contributed by atoms with van der Waals surface area (Å²) in [7, 11) is -1.75. The quantitative estimate of drug-likeness (QED) is 0.515. The minimum absolute atomic E-state index is 0.187. The topological polar surface area (TPSA) is 48.0 Å². The third-order valence-electron chi connectivity index (χ3n) is 2.42. The summed E-state index contributed by atoms with van der Waals surface area (Å²) in [5.74, 6) is 0. The van der Waals surface area contributed by atoms with E-state index in [1.165, 1.54) is 0 Å². The highest BCUT2D eigenvalue weighted by atomic mass is 31.2. The minimum Gasteiger partial charge on any atom is -0.369 e. The molecule has 1 rings (SSSR count). The fourth-order valence-electron chi connectivity index (χ4n) is 1.67. The predicted octanol–water partition coefficient (Wildman–Crippen LogP) is 3.27. The van der Waals surface area contributed by atoms with Gasteiger partial charge in [0.2, 0.25) is 0 Å². The third kappa shape index (κ3) is 5.05. The molecule has 0 bridgehead atoms. The van der Waals surface area contributed by atoms with Gasteiger partial charge >= 0.3 is 7.75 Å². The first-order valence-electron chi connectivity index (χ1n) is 6.33. The van der Waals surface area contributed by atoms with Crippen molar-refractivity contribution in [2.75, 3.05) is 27.1 Å². The molecule has 0 fully saturated rings. The van der Waals surface area contributed by atoms with Gasteiger partial charge in [0.05, 0.1) is 13.2 Å². The fraction of sp³-hybridized carbons (Fsp3) is 0.538. The van der Waals surface area contributed by atoms with Crippen LogP contribution < -0.4 is 0 Å². The highest BCUT2D eigenvalue weighted by Crippen LogP contribution is 2.52. The number of rotatable bonds is 9. The van der Waals surface area contributed by atoms with Crippen LogP contribution in [0, 0.1) is 0 Å². The molecule has 19 heavy (non-hydrogen) atoms. The van der Waals surface area contributed by atoms with Crippen molar-refractivity contribution < 1.29 is 18.3 Å². The van der Waals surface area contributed by atoms with Gasteiger partial charge in [-0.15, -0.1) is 0 Å². The molecule has 0 aromatic heterocycles. The normalized spacial score (nSPS) is 12.0. The highest BCUT2D eigenvalue weighted by molar-refractivity contribution is 7.51. The SMILES string of the molecule is CCOP(=O)(OCC)N(COC)Cc1ccccc1. The second kappa shape index (κ2) is 8.46. The molecule has 0 saturated carbocycles. The summed E-state index contributed by atoms with van der Waals surface area (Å²) in [6, 6.07) is 9.74. The van der Waals surface area contributed by atoms with E-state index < -0.39 is 7.75 Å². The Bertz CT molecular complexity index is 389. The molecule has 0 N–H and O–H groups in total. The van der Waals surface area contributed by atoms with Crippen LogP contribution in [0.5, 0.6) is 0 Å². The molecule has 0 aliphatic heterocycles. The zero-order valence-corrected chi connectivity index (χ0v) is 12.6. The summed E-state index contributed by atoms with van der Waals surface area (Å²) in [5.41, 5.74) is 1.03. The van der Waals surface area contributed by atoms with Gasteiger partial charge in [0.1, 0.15) is 6.73 Å². The molecule has 0 aliphatic carbocycles. The Labute approximate surface area is 115 Å². The average Bonchev–Trinajstić information content (AvgIpc) is 2.40. The van der Waals surface area contributed by atoms with Crippen LogP contribution in [-0.2, 0) is 24.9 Å². The van der Waals surface area contributed by atoms with E-state index in [0.29, 0.717) is 19.8 Å². The molecule has 0 spiro atoms. The maximum Gasteiger partial charge on any atom is 0.410 e. The number of methoxy groups -OCH3 is 1. The monoisotopic (exact) mass is 287 g/mol. The van der Waals surface area contributed by atoms with E-state index in [9.17, 15) is 4.57 Å². The first-order valence-corrected chi connectivity index (χ1v) is 7.83. The van der Waals surface area contributed by atoms with Crippen LogP contribution >= 0.6 is 7.75 Å². The number of ether oxygens (including phenoxy) is 1. The van der Waals surface area contributed by atoms with E-state index in [0.717, 1.165) is 5.56 Å². The Hall–Kier alpha value is -0.710. The molecular formula is C13H22NO4P. The van der Waals surface area contributed by atoms with Crippen molar-refractivity contribution in [3.05, 3.63) is 35.9 Å². The summed E-state index contributed by atoms with van der Waals surface area (Å²) < 4.78 is 30.1. The zero-order chi connectivity index (χ0) is 14.1. The van der Waals surface area contributed by atoms with Crippen molar-refractivity contribution in [2.24, 2.45) is 0 Å². The van der Waals surface area contributed by atoms with Gasteiger partial charge < -0.3 is 4.74 Å². The van der Waals surface area contributed by atoms with E-state index in [2.05, 4.69) is 0 Å². The lowest BCUT2D eigenvalue weighted by Crippen LogP contribution is -2.25. The van der Waals surface area contributed by atoms with E-state index >= 15 is 0 Å². The first kappa shape index (κ1) is 16.3. The number of hydrogen-bond donors (Lipinski definition) is 0. The minimum atomic E-state index is -3.30. The van der Waals surface area contributed by atoms with Gasteiger partial charge in [-0.1, -0.05) is 30.3 Å². The molecule has 0 radical (unpaired) electrons. The maximum atomic E-state index is 12.7. The predicted molar refractivity (Wildman–Crippen MR) is 74.7 cm³/mol. The third-order valence-corrected chi connectivity index (χ3v) is 4.54. The molecular weight excluding hydrogens is 265 g/mol. The Morgan fingerprint density at radius 3 is 2.16 bits per heavy atom. The van der Waals surface area contributed by atoms with E-state index in [1.807, 2.05) is 30.3 Å². The van der Waals surface area contributed by atoms with Crippen LogP contribution in [0.1, 0.15) is 19.4 Å². The molecule has 1 aromatic rings. The van der Waals surface area contributed by atoms with Crippen molar-refractivity contribution >= 4 is 7.75 Å². The fourth-order valence-corrected chi connectivity index (χ4v) is 3.32. The highest BCUT2D eigenvalue weighted by Gasteiger charge is 2.33. The zero-order valence-electron chi connectivity index (χ0n) is 11.7. The smallest absolute Gasteiger partial charge is 0.369 e. The van der Waals surface area contributed by atoms with Gasteiger partial charge in [0.15, 0.2) is 0 Å². The van der Waals surface area contributed by atoms with Gasteiger partial charge in [-0.2, -0.15) is 4.67 Å². The Kier molecular flexibility index (Phi) is 7.28. The van der Waals surface area contributed by atoms with Gasteiger partial charge in [-0.3, -0.25) is 9.05 Å². The Morgan fingerprint density at radius 1 is 1.11 bits per heavy atom. The molecule has 1 aromatic carbocycles. The van der Waals surface area contributed by atoms with Crippen LogP contribution in [0.15, 0.2) is 30.3 Å². The standard InChI is InChI=1S/C13H22NO4P/c1-4-17-19(15,18-5-2)14(12-16-3)11-13-9-7-6-8-10-13/h6-10H,4-5,11-12H2,1-3H3. The van der Waals surface area contributed by atoms with Crippen LogP contribution in [0.4, 0.5) is 0 Å². The summed E-state index contributed by atoms with van der Waals surface area (Å²) >= 11 is 0. The van der Waals surface area contributed by atoms with Gasteiger partial charge in [0.25, 0.3) is 0 Å². The van der Waals surface area contributed by atoms with Crippen LogP contribution in [-0.4, -0.2) is 31.7 Å². The van der Waals surface area contributed by atoms with E-state index in [4.69, 9.17) is 13.8 Å². The summed E-state index contributed by atoms with van der Waals surface area (Å²) in [6.45, 7) is 4.87. The lowest BCUT2D eigenvalue weighted by atomic mass is 10.2. The lowest BCUT2D eigenvalue weighted by Gasteiger charge is -2.28. The van der Waals surface area contributed by atoms with E-state index in [-0.39, 0.29) is 6.73 Å². The summed E-state index contributed by atoms with van der Waals surface area (Å²) in [5, 5.41) is 0. The number of hydrogen-bond acceptors (Lipinski definition) is 4. The van der Waals surface area contributed by atoms with E-state index in [1.54, 1.807) is 25.6 Å². The molecule has 0 saturated heterocycles. The lowest BCUT2D eigenvalue weighted by molar-refractivity contribution is 0.0731. The Balaban J connectivity index is 2.87. The second-order valence-corrected chi connectivity index (χ2v) is 5.89. The molecule has 0 amide bonds. The molecule has 0 aliphatic rings. The van der Waals surface area contributed by atoms with Crippen LogP contribution in [0.3, 0.4) is 0 Å². The number of benzene rings is 1. The molecule has 0 atom stereocenters. The van der Waals surface area contributed by atoms with Gasteiger partial charge in [-0.25, -0.2) is 4.57 Å². The van der Waals surface area contributed by atoms with Crippen LogP contribution in [0.2, 0.25) is 0 Å². The van der Waals surface area contributed by atoms with Gasteiger partial charge in [-0.05, 0) is 19.4 Å². The molecule has 0 unspecified atom stereocenters. The van der Waals surface area contributed by atoms with Crippen molar-refractivity contribution in [1.29, 1.82) is 0 Å². The number of nitrogens with zero attached hydrogens (tertiary/aromatic N) is 1. The molecule has 5 nitrogen and oxygen atoms in total. The van der Waals surface area contributed by atoms with Crippen LogP contribution in [0.25, 0.3) is 0 Å². The summed E-state index contributed by atoms with van der Waals surface area (Å²) in [6.07, 6.45) is 0. The maximum absolute atomic E-state index is 12.7. The van der Waals surface area contributed by atoms with Crippen molar-refractivity contribution in [1.82, 2.24) is 4.67 Å². The summed E-state index contributed by atoms with van der Waals surface area (Å²) in [4.78, 5) is 0. The van der Waals surface area contributed by atoms with Gasteiger partial charge in [0, 0.05) is 13.7 Å². The van der Waals surface area contributed by atoms with Crippen molar-refractivity contribution in [3.63, 3.8) is 0 Å². The second-order valence-electron chi connectivity index (χ2n) is 3.87. The molecule has 6 heteroatoms. The largest absolute Gasteiger partial charge is 0.410 e. The Morgan fingerprint density at radius 2 is 1.68 bits per heavy atom.